The number of methoxy groups -OCH3 is 1. The molecule has 82 valence electrons. The summed E-state index contributed by atoms with van der Waals surface area (Å²) in [4.78, 5) is 0. The summed E-state index contributed by atoms with van der Waals surface area (Å²) in [5, 5.41) is 0. The smallest absolute Gasteiger partial charge is 0.126 e. The van der Waals surface area contributed by atoms with Crippen molar-refractivity contribution in [3.63, 3.8) is 0 Å². The predicted molar refractivity (Wildman–Crippen MR) is 62.8 cm³/mol. The van der Waals surface area contributed by atoms with Crippen molar-refractivity contribution in [1.82, 2.24) is 0 Å². The normalized spacial score (nSPS) is 10.1. The fourth-order valence-electron chi connectivity index (χ4n) is 1.55. The van der Waals surface area contributed by atoms with Crippen molar-refractivity contribution in [1.29, 1.82) is 0 Å². The second kappa shape index (κ2) is 5.44. The highest BCUT2D eigenvalue weighted by molar-refractivity contribution is 5.46. The SMILES string of the molecule is C=CCOc1cccc(OC)c1C(C)C. The van der Waals surface area contributed by atoms with E-state index < -0.39 is 0 Å². The zero-order chi connectivity index (χ0) is 11.3. The fraction of sp³-hybridized carbons (Fsp3) is 0.385. The van der Waals surface area contributed by atoms with Crippen LogP contribution < -0.4 is 9.47 Å². The number of benzene rings is 1. The summed E-state index contributed by atoms with van der Waals surface area (Å²) >= 11 is 0. The van der Waals surface area contributed by atoms with Gasteiger partial charge in [-0.3, -0.25) is 0 Å². The van der Waals surface area contributed by atoms with E-state index in [0.717, 1.165) is 17.1 Å². The molecule has 1 rings (SSSR count). The van der Waals surface area contributed by atoms with Gasteiger partial charge >= 0.3 is 0 Å². The molecular formula is C13H18O2. The molecule has 0 amide bonds. The molecule has 0 saturated heterocycles. The van der Waals surface area contributed by atoms with Crippen molar-refractivity contribution < 1.29 is 9.47 Å². The Morgan fingerprint density at radius 2 is 2.00 bits per heavy atom. The van der Waals surface area contributed by atoms with Crippen LogP contribution in [0, 0.1) is 0 Å². The van der Waals surface area contributed by atoms with E-state index in [1.807, 2.05) is 18.2 Å². The van der Waals surface area contributed by atoms with Crippen molar-refractivity contribution in [2.45, 2.75) is 19.8 Å². The molecule has 2 nitrogen and oxygen atoms in total. The lowest BCUT2D eigenvalue weighted by atomic mass is 10.0. The first-order chi connectivity index (χ1) is 7.20. The Balaban J connectivity index is 3.07. The lowest BCUT2D eigenvalue weighted by Gasteiger charge is -2.16. The van der Waals surface area contributed by atoms with Crippen LogP contribution in [-0.2, 0) is 0 Å². The largest absolute Gasteiger partial charge is 0.496 e. The van der Waals surface area contributed by atoms with E-state index in [-0.39, 0.29) is 0 Å². The first-order valence-electron chi connectivity index (χ1n) is 5.11. The van der Waals surface area contributed by atoms with E-state index in [1.54, 1.807) is 13.2 Å². The highest BCUT2D eigenvalue weighted by Gasteiger charge is 2.13. The van der Waals surface area contributed by atoms with Gasteiger partial charge in [-0.05, 0) is 18.1 Å². The van der Waals surface area contributed by atoms with Gasteiger partial charge in [-0.25, -0.2) is 0 Å². The molecule has 1 aromatic rings. The third kappa shape index (κ3) is 2.75. The molecule has 0 atom stereocenters. The summed E-state index contributed by atoms with van der Waals surface area (Å²) in [6.45, 7) is 8.40. The third-order valence-electron chi connectivity index (χ3n) is 2.18. The molecule has 0 radical (unpaired) electrons. The van der Waals surface area contributed by atoms with E-state index in [1.165, 1.54) is 0 Å². The Bertz CT molecular complexity index is 329. The Labute approximate surface area is 91.5 Å². The maximum absolute atomic E-state index is 5.59. The summed E-state index contributed by atoms with van der Waals surface area (Å²) in [7, 11) is 1.68. The minimum atomic E-state index is 0.376. The third-order valence-corrected chi connectivity index (χ3v) is 2.18. The van der Waals surface area contributed by atoms with Crippen LogP contribution in [-0.4, -0.2) is 13.7 Å². The van der Waals surface area contributed by atoms with Crippen molar-refractivity contribution in [3.8, 4) is 11.5 Å². The van der Waals surface area contributed by atoms with Gasteiger partial charge in [0.2, 0.25) is 0 Å². The van der Waals surface area contributed by atoms with Crippen molar-refractivity contribution in [2.75, 3.05) is 13.7 Å². The minimum Gasteiger partial charge on any atom is -0.496 e. The molecule has 2 heteroatoms. The van der Waals surface area contributed by atoms with Crippen LogP contribution in [0.3, 0.4) is 0 Å². The van der Waals surface area contributed by atoms with Crippen LogP contribution in [0.5, 0.6) is 11.5 Å². The molecule has 0 bridgehead atoms. The van der Waals surface area contributed by atoms with Gasteiger partial charge in [0.1, 0.15) is 18.1 Å². The molecule has 0 aliphatic carbocycles. The highest BCUT2D eigenvalue weighted by Crippen LogP contribution is 2.34. The van der Waals surface area contributed by atoms with Crippen LogP contribution in [0.15, 0.2) is 30.9 Å². The molecule has 0 heterocycles. The fourth-order valence-corrected chi connectivity index (χ4v) is 1.55. The minimum absolute atomic E-state index is 0.376. The molecule has 0 aromatic heterocycles. The van der Waals surface area contributed by atoms with E-state index in [2.05, 4.69) is 20.4 Å². The van der Waals surface area contributed by atoms with Gasteiger partial charge in [-0.1, -0.05) is 32.6 Å². The van der Waals surface area contributed by atoms with Crippen LogP contribution >= 0.6 is 0 Å². The average Bonchev–Trinajstić information content (AvgIpc) is 2.25. The quantitative estimate of drug-likeness (QED) is 0.687. The Kier molecular flexibility index (Phi) is 4.22. The summed E-state index contributed by atoms with van der Waals surface area (Å²) in [6, 6.07) is 5.85. The molecule has 0 saturated carbocycles. The van der Waals surface area contributed by atoms with Gasteiger partial charge in [-0.15, -0.1) is 0 Å². The lowest BCUT2D eigenvalue weighted by Crippen LogP contribution is -2.01. The van der Waals surface area contributed by atoms with Crippen LogP contribution in [0.2, 0.25) is 0 Å². The molecular weight excluding hydrogens is 188 g/mol. The second-order valence-electron chi connectivity index (χ2n) is 3.63. The zero-order valence-electron chi connectivity index (χ0n) is 9.62. The molecule has 0 spiro atoms. The average molecular weight is 206 g/mol. The van der Waals surface area contributed by atoms with Gasteiger partial charge in [0.25, 0.3) is 0 Å². The maximum Gasteiger partial charge on any atom is 0.126 e. The van der Waals surface area contributed by atoms with Gasteiger partial charge < -0.3 is 9.47 Å². The van der Waals surface area contributed by atoms with Crippen LogP contribution in [0.4, 0.5) is 0 Å². The summed E-state index contributed by atoms with van der Waals surface area (Å²) in [5.41, 5.74) is 1.11. The molecule has 0 unspecified atom stereocenters. The molecule has 0 fully saturated rings. The van der Waals surface area contributed by atoms with E-state index >= 15 is 0 Å². The summed E-state index contributed by atoms with van der Waals surface area (Å²) < 4.78 is 10.9. The Morgan fingerprint density at radius 1 is 1.33 bits per heavy atom. The van der Waals surface area contributed by atoms with Gasteiger partial charge in [0, 0.05) is 5.56 Å². The number of hydrogen-bond acceptors (Lipinski definition) is 2. The van der Waals surface area contributed by atoms with Gasteiger partial charge in [0.05, 0.1) is 7.11 Å². The summed E-state index contributed by atoms with van der Waals surface area (Å²) in [6.07, 6.45) is 1.74. The van der Waals surface area contributed by atoms with Gasteiger partial charge in [0.15, 0.2) is 0 Å². The molecule has 0 aliphatic heterocycles. The molecule has 1 aromatic carbocycles. The van der Waals surface area contributed by atoms with Crippen LogP contribution in [0.25, 0.3) is 0 Å². The first-order valence-corrected chi connectivity index (χ1v) is 5.11. The number of ether oxygens (including phenoxy) is 2. The Hall–Kier alpha value is -1.44. The lowest BCUT2D eigenvalue weighted by molar-refractivity contribution is 0.348. The van der Waals surface area contributed by atoms with Crippen molar-refractivity contribution in [2.24, 2.45) is 0 Å². The predicted octanol–water partition coefficient (Wildman–Crippen LogP) is 3.38. The topological polar surface area (TPSA) is 18.5 Å². The van der Waals surface area contributed by atoms with Crippen molar-refractivity contribution >= 4 is 0 Å². The van der Waals surface area contributed by atoms with E-state index in [0.29, 0.717) is 12.5 Å². The van der Waals surface area contributed by atoms with Crippen molar-refractivity contribution in [3.05, 3.63) is 36.4 Å². The number of hydrogen-bond donors (Lipinski definition) is 0. The molecule has 0 aliphatic rings. The zero-order valence-corrected chi connectivity index (χ0v) is 9.62. The second-order valence-corrected chi connectivity index (χ2v) is 3.63. The van der Waals surface area contributed by atoms with Gasteiger partial charge in [-0.2, -0.15) is 0 Å². The first kappa shape index (κ1) is 11.6. The molecule has 15 heavy (non-hydrogen) atoms. The van der Waals surface area contributed by atoms with E-state index in [4.69, 9.17) is 9.47 Å². The number of rotatable bonds is 5. The summed E-state index contributed by atoms with van der Waals surface area (Å²) in [5.74, 6) is 2.14. The Morgan fingerprint density at radius 3 is 2.53 bits per heavy atom. The van der Waals surface area contributed by atoms with Crippen LogP contribution in [0.1, 0.15) is 25.3 Å². The monoisotopic (exact) mass is 206 g/mol. The molecule has 0 N–H and O–H groups in total. The van der Waals surface area contributed by atoms with E-state index in [9.17, 15) is 0 Å². The highest BCUT2D eigenvalue weighted by atomic mass is 16.5. The standard InChI is InChI=1S/C13H18O2/c1-5-9-15-12-8-6-7-11(14-4)13(12)10(2)3/h5-8,10H,1,9H2,2-4H3. The maximum atomic E-state index is 5.59.